The Hall–Kier alpha value is -0.570. The van der Waals surface area contributed by atoms with E-state index in [-0.39, 0.29) is 11.9 Å². The Balaban J connectivity index is 2.53. The Morgan fingerprint density at radius 1 is 1.37 bits per heavy atom. The van der Waals surface area contributed by atoms with Crippen LogP contribution in [0.5, 0.6) is 0 Å². The van der Waals surface area contributed by atoms with Gasteiger partial charge in [-0.15, -0.1) is 0 Å². The van der Waals surface area contributed by atoms with Crippen LogP contribution in [0.15, 0.2) is 0 Å². The van der Waals surface area contributed by atoms with E-state index in [4.69, 9.17) is 0 Å². The number of carbonyl (C=O) groups excluding carboxylic acids is 1. The minimum absolute atomic E-state index is 0.0615. The van der Waals surface area contributed by atoms with E-state index in [9.17, 15) is 4.79 Å². The van der Waals surface area contributed by atoms with Crippen molar-refractivity contribution in [1.29, 1.82) is 0 Å². The predicted octanol–water partition coefficient (Wildman–Crippen LogP) is 3.05. The maximum absolute atomic E-state index is 12.3. The molecule has 0 aromatic carbocycles. The van der Waals surface area contributed by atoms with Crippen molar-refractivity contribution in [2.75, 3.05) is 13.1 Å². The maximum Gasteiger partial charge on any atom is 0.239 e. The molecule has 0 bridgehead atoms. The van der Waals surface area contributed by atoms with Crippen LogP contribution in [0.3, 0.4) is 0 Å². The molecule has 112 valence electrons. The van der Waals surface area contributed by atoms with E-state index in [1.54, 1.807) is 0 Å². The molecule has 0 spiro atoms. The second-order valence-corrected chi connectivity index (χ2v) is 6.89. The highest BCUT2D eigenvalue weighted by molar-refractivity contribution is 5.81. The fourth-order valence-corrected chi connectivity index (χ4v) is 3.40. The summed E-state index contributed by atoms with van der Waals surface area (Å²) in [6.07, 6.45) is 3.68. The van der Waals surface area contributed by atoms with Gasteiger partial charge < -0.3 is 10.2 Å². The normalized spacial score (nSPS) is 27.9. The molecule has 1 amide bonds. The van der Waals surface area contributed by atoms with Gasteiger partial charge in [0.05, 0.1) is 6.04 Å². The zero-order valence-electron chi connectivity index (χ0n) is 13.6. The van der Waals surface area contributed by atoms with Crippen molar-refractivity contribution in [3.05, 3.63) is 0 Å². The number of amides is 1. The number of likely N-dealkylation sites (N-methyl/N-ethyl adjacent to an activating group) is 1. The molecular weight excluding hydrogens is 236 g/mol. The molecule has 1 aliphatic carbocycles. The third-order valence-corrected chi connectivity index (χ3v) is 4.60. The number of carbonyl (C=O) groups is 1. The van der Waals surface area contributed by atoms with Gasteiger partial charge in [0.25, 0.3) is 0 Å². The van der Waals surface area contributed by atoms with Crippen LogP contribution in [0, 0.1) is 11.3 Å². The average Bonchev–Trinajstić information content (AvgIpc) is 2.33. The first-order valence-electron chi connectivity index (χ1n) is 7.85. The van der Waals surface area contributed by atoms with Crippen molar-refractivity contribution < 1.29 is 4.79 Å². The summed E-state index contributed by atoms with van der Waals surface area (Å²) < 4.78 is 0. The van der Waals surface area contributed by atoms with Crippen LogP contribution in [-0.2, 0) is 4.79 Å². The van der Waals surface area contributed by atoms with Crippen LogP contribution >= 0.6 is 0 Å². The number of rotatable bonds is 5. The van der Waals surface area contributed by atoms with Crippen LogP contribution in [0.4, 0.5) is 0 Å². The minimum atomic E-state index is -0.0615. The molecule has 3 unspecified atom stereocenters. The van der Waals surface area contributed by atoms with Crippen molar-refractivity contribution in [3.63, 3.8) is 0 Å². The lowest BCUT2D eigenvalue weighted by Gasteiger charge is -2.41. The second-order valence-electron chi connectivity index (χ2n) is 6.89. The third-order valence-electron chi connectivity index (χ3n) is 4.60. The monoisotopic (exact) mass is 268 g/mol. The molecule has 1 rings (SSSR count). The Morgan fingerprint density at radius 2 is 1.95 bits per heavy atom. The Labute approximate surface area is 119 Å². The lowest BCUT2D eigenvalue weighted by atomic mass is 9.70. The molecule has 1 fully saturated rings. The third kappa shape index (κ3) is 4.48. The highest BCUT2D eigenvalue weighted by Crippen LogP contribution is 2.38. The summed E-state index contributed by atoms with van der Waals surface area (Å²) in [5.41, 5.74) is 0.462. The first-order valence-corrected chi connectivity index (χ1v) is 7.85. The fraction of sp³-hybridized carbons (Fsp3) is 0.938. The predicted molar refractivity (Wildman–Crippen MR) is 81.1 cm³/mol. The summed E-state index contributed by atoms with van der Waals surface area (Å²) in [4.78, 5) is 14.2. The summed E-state index contributed by atoms with van der Waals surface area (Å²) in [6, 6.07) is 0.427. The molecule has 3 nitrogen and oxygen atoms in total. The summed E-state index contributed by atoms with van der Waals surface area (Å²) >= 11 is 0. The van der Waals surface area contributed by atoms with Gasteiger partial charge in [-0.1, -0.05) is 20.8 Å². The molecule has 0 saturated heterocycles. The highest BCUT2D eigenvalue weighted by atomic mass is 16.2. The number of nitrogens with one attached hydrogen (secondary N) is 1. The van der Waals surface area contributed by atoms with Crippen molar-refractivity contribution in [1.82, 2.24) is 10.2 Å². The fourth-order valence-electron chi connectivity index (χ4n) is 3.40. The number of hydrogen-bond acceptors (Lipinski definition) is 2. The van der Waals surface area contributed by atoms with Gasteiger partial charge >= 0.3 is 0 Å². The van der Waals surface area contributed by atoms with E-state index in [1.807, 2.05) is 25.7 Å². The van der Waals surface area contributed by atoms with Crippen molar-refractivity contribution in [2.24, 2.45) is 11.3 Å². The van der Waals surface area contributed by atoms with Crippen LogP contribution < -0.4 is 5.32 Å². The van der Waals surface area contributed by atoms with E-state index in [0.29, 0.717) is 17.4 Å². The Bertz CT molecular complexity index is 297. The molecule has 19 heavy (non-hydrogen) atoms. The lowest BCUT2D eigenvalue weighted by Crippen LogP contribution is -2.51. The summed E-state index contributed by atoms with van der Waals surface area (Å²) in [7, 11) is 0. The molecule has 3 heteroatoms. The first-order chi connectivity index (χ1) is 8.80. The molecule has 0 aromatic heterocycles. The molecule has 3 atom stereocenters. The average molecular weight is 268 g/mol. The number of hydrogen-bond donors (Lipinski definition) is 1. The van der Waals surface area contributed by atoms with Gasteiger partial charge in [-0.05, 0) is 51.4 Å². The van der Waals surface area contributed by atoms with E-state index >= 15 is 0 Å². The quantitative estimate of drug-likeness (QED) is 0.831. The largest absolute Gasteiger partial charge is 0.342 e. The maximum atomic E-state index is 12.3. The Kier molecular flexibility index (Phi) is 5.84. The molecular formula is C16H32N2O. The van der Waals surface area contributed by atoms with Crippen LogP contribution in [-0.4, -0.2) is 36.0 Å². The van der Waals surface area contributed by atoms with E-state index in [1.165, 1.54) is 19.3 Å². The first kappa shape index (κ1) is 16.5. The van der Waals surface area contributed by atoms with Gasteiger partial charge in [-0.2, -0.15) is 0 Å². The van der Waals surface area contributed by atoms with E-state index in [0.717, 1.165) is 13.1 Å². The zero-order chi connectivity index (χ0) is 14.6. The van der Waals surface area contributed by atoms with Crippen LogP contribution in [0.25, 0.3) is 0 Å². The smallest absolute Gasteiger partial charge is 0.239 e. The molecule has 0 aromatic rings. The topological polar surface area (TPSA) is 32.3 Å². The summed E-state index contributed by atoms with van der Waals surface area (Å²) in [5, 5.41) is 3.56. The van der Waals surface area contributed by atoms with Crippen LogP contribution in [0.1, 0.15) is 60.8 Å². The van der Waals surface area contributed by atoms with Gasteiger partial charge in [0.15, 0.2) is 0 Å². The standard InChI is InChI=1S/C16H32N2O/c1-7-18(8-2)15(19)13(4)17-14-9-10-16(5,6)11-12(14)3/h12-14,17H,7-11H2,1-6H3. The SMILES string of the molecule is CCN(CC)C(=O)C(C)NC1CCC(C)(C)CC1C. The lowest BCUT2D eigenvalue weighted by molar-refractivity contribution is -0.133. The molecule has 0 aliphatic heterocycles. The summed E-state index contributed by atoms with van der Waals surface area (Å²) in [5.74, 6) is 0.887. The molecule has 1 saturated carbocycles. The van der Waals surface area contributed by atoms with Crippen molar-refractivity contribution in [2.45, 2.75) is 72.9 Å². The van der Waals surface area contributed by atoms with Crippen molar-refractivity contribution in [3.8, 4) is 0 Å². The van der Waals surface area contributed by atoms with Gasteiger partial charge in [0.2, 0.25) is 5.91 Å². The number of nitrogens with zero attached hydrogens (tertiary/aromatic N) is 1. The van der Waals surface area contributed by atoms with Crippen LogP contribution in [0.2, 0.25) is 0 Å². The van der Waals surface area contributed by atoms with E-state index < -0.39 is 0 Å². The van der Waals surface area contributed by atoms with Gasteiger partial charge in [-0.25, -0.2) is 0 Å². The molecule has 1 N–H and O–H groups in total. The highest BCUT2D eigenvalue weighted by Gasteiger charge is 2.33. The molecule has 0 heterocycles. The van der Waals surface area contributed by atoms with Crippen molar-refractivity contribution >= 4 is 5.91 Å². The molecule has 0 radical (unpaired) electrons. The van der Waals surface area contributed by atoms with Gasteiger partial charge in [-0.3, -0.25) is 4.79 Å². The van der Waals surface area contributed by atoms with E-state index in [2.05, 4.69) is 26.1 Å². The minimum Gasteiger partial charge on any atom is -0.342 e. The van der Waals surface area contributed by atoms with Gasteiger partial charge in [0.1, 0.15) is 0 Å². The summed E-state index contributed by atoms with van der Waals surface area (Å²) in [6.45, 7) is 14.7. The Morgan fingerprint density at radius 3 is 2.42 bits per heavy atom. The second kappa shape index (κ2) is 6.74. The van der Waals surface area contributed by atoms with Gasteiger partial charge in [0, 0.05) is 19.1 Å². The zero-order valence-corrected chi connectivity index (χ0v) is 13.6. The molecule has 1 aliphatic rings.